The van der Waals surface area contributed by atoms with Gasteiger partial charge in [-0.3, -0.25) is 58.7 Å². The normalized spacial score (nSPS) is 14.9. The first-order valence-electron chi connectivity index (χ1n) is 19.5. The van der Waals surface area contributed by atoms with Crippen molar-refractivity contribution < 1.29 is 39.6 Å². The van der Waals surface area contributed by atoms with Crippen molar-refractivity contribution in [1.29, 1.82) is 0 Å². The molecule has 60 heavy (non-hydrogen) atoms. The van der Waals surface area contributed by atoms with E-state index < -0.39 is 0 Å². The first-order valence-corrected chi connectivity index (χ1v) is 19.5. The van der Waals surface area contributed by atoms with E-state index in [0.29, 0.717) is 75.1 Å². The van der Waals surface area contributed by atoms with E-state index in [9.17, 15) is 39.6 Å². The third-order valence-corrected chi connectivity index (χ3v) is 9.68. The van der Waals surface area contributed by atoms with Crippen molar-refractivity contribution in [3.8, 4) is 23.0 Å². The monoisotopic (exact) mass is 828 g/mol. The highest BCUT2D eigenvalue weighted by atomic mass is 16.3. The topological polar surface area (TPSA) is 262 Å². The Bertz CT molecular complexity index is 1740. The Kier molecular flexibility index (Phi) is 17.3. The van der Waals surface area contributed by atoms with Gasteiger partial charge in [0.1, 0.15) is 45.8 Å². The fourth-order valence-corrected chi connectivity index (χ4v) is 6.24. The molecule has 0 bridgehead atoms. The molecule has 0 spiro atoms. The van der Waals surface area contributed by atoms with Crippen molar-refractivity contribution in [2.24, 2.45) is 0 Å². The highest BCUT2D eigenvalue weighted by Crippen LogP contribution is 2.15. The zero-order valence-electron chi connectivity index (χ0n) is 33.2. The number of hydrogen-bond acceptors (Lipinski definition) is 16. The Balaban J connectivity index is 1.29. The van der Waals surface area contributed by atoms with E-state index in [1.165, 1.54) is 49.1 Å². The number of amides is 4. The van der Waals surface area contributed by atoms with Gasteiger partial charge in [0.25, 0.3) is 0 Å². The first kappa shape index (κ1) is 44.6. The second-order valence-electron chi connectivity index (χ2n) is 14.1. The van der Waals surface area contributed by atoms with Gasteiger partial charge in [0.2, 0.25) is 23.6 Å². The number of pyridine rings is 4. The van der Waals surface area contributed by atoms with Crippen molar-refractivity contribution in [3.05, 3.63) is 96.1 Å². The molecule has 1 aliphatic rings. The summed E-state index contributed by atoms with van der Waals surface area (Å²) in [4.78, 5) is 77.2. The van der Waals surface area contributed by atoms with Crippen LogP contribution in [-0.2, 0) is 45.4 Å². The molecule has 4 aromatic heterocycles. The summed E-state index contributed by atoms with van der Waals surface area (Å²) in [6.45, 7) is 2.77. The van der Waals surface area contributed by atoms with Gasteiger partial charge in [0.15, 0.2) is 0 Å². The first-order chi connectivity index (χ1) is 29.0. The second-order valence-corrected chi connectivity index (χ2v) is 14.1. The number of carbonyl (C=O) groups is 4. The van der Waals surface area contributed by atoms with Crippen LogP contribution in [0.3, 0.4) is 0 Å². The number of carbonyl (C=O) groups excluding carboxylic acids is 4. The fourth-order valence-electron chi connectivity index (χ4n) is 6.24. The van der Waals surface area contributed by atoms with Crippen LogP contribution in [0.4, 0.5) is 0 Å². The van der Waals surface area contributed by atoms with Gasteiger partial charge >= 0.3 is 0 Å². The summed E-state index contributed by atoms with van der Waals surface area (Å²) in [5.74, 6) is -1.43. The van der Waals surface area contributed by atoms with Crippen LogP contribution in [0.15, 0.2) is 73.3 Å². The Hall–Kier alpha value is -6.48. The molecule has 0 saturated carbocycles. The maximum absolute atomic E-state index is 13.3. The molecule has 1 fully saturated rings. The van der Waals surface area contributed by atoms with Crippen LogP contribution in [0, 0.1) is 0 Å². The van der Waals surface area contributed by atoms with E-state index >= 15 is 0 Å². The Labute approximate surface area is 347 Å². The average Bonchev–Trinajstić information content (AvgIpc) is 3.23. The number of aromatic nitrogens is 4. The van der Waals surface area contributed by atoms with Gasteiger partial charge in [0.05, 0.1) is 52.4 Å². The molecular weight excluding hydrogens is 777 g/mol. The van der Waals surface area contributed by atoms with Crippen LogP contribution < -0.4 is 21.3 Å². The van der Waals surface area contributed by atoms with Crippen molar-refractivity contribution >= 4 is 23.6 Å². The molecule has 20 heteroatoms. The van der Waals surface area contributed by atoms with E-state index in [0.717, 1.165) is 0 Å². The van der Waals surface area contributed by atoms with Crippen molar-refractivity contribution in [2.75, 3.05) is 78.5 Å². The lowest BCUT2D eigenvalue weighted by atomic mass is 10.3. The molecule has 20 nitrogen and oxygen atoms in total. The summed E-state index contributed by atoms with van der Waals surface area (Å²) >= 11 is 0. The number of hydrogen-bond donors (Lipinski definition) is 8. The molecule has 320 valence electrons. The van der Waals surface area contributed by atoms with Gasteiger partial charge in [-0.2, -0.15) is 0 Å². The molecule has 0 aromatic carbocycles. The lowest BCUT2D eigenvalue weighted by Crippen LogP contribution is -2.51. The van der Waals surface area contributed by atoms with Crippen molar-refractivity contribution in [2.45, 2.75) is 26.2 Å². The lowest BCUT2D eigenvalue weighted by molar-refractivity contribution is -0.125. The molecule has 8 N–H and O–H groups in total. The third-order valence-electron chi connectivity index (χ3n) is 9.68. The number of nitrogens with one attached hydrogen (secondary N) is 4. The van der Waals surface area contributed by atoms with Crippen LogP contribution in [0.25, 0.3) is 0 Å². The number of nitrogens with zero attached hydrogens (tertiary/aromatic N) is 8. The van der Waals surface area contributed by atoms with Gasteiger partial charge in [-0.15, -0.1) is 0 Å². The highest BCUT2D eigenvalue weighted by molar-refractivity contribution is 5.79. The summed E-state index contributed by atoms with van der Waals surface area (Å²) in [5, 5.41) is 51.8. The zero-order valence-corrected chi connectivity index (χ0v) is 33.2. The van der Waals surface area contributed by atoms with Crippen LogP contribution in [0.2, 0.25) is 0 Å². The number of aromatic hydroxyl groups is 4. The molecule has 0 aliphatic carbocycles. The molecule has 4 aromatic rings. The smallest absolute Gasteiger partial charge is 0.234 e. The predicted octanol–water partition coefficient (Wildman–Crippen LogP) is -1.12. The van der Waals surface area contributed by atoms with Gasteiger partial charge in [-0.25, -0.2) is 0 Å². The summed E-state index contributed by atoms with van der Waals surface area (Å²) in [6, 6.07) is 12.3. The van der Waals surface area contributed by atoms with Crippen LogP contribution in [0.1, 0.15) is 22.8 Å². The van der Waals surface area contributed by atoms with E-state index in [-0.39, 0.29) is 99.0 Å². The lowest BCUT2D eigenvalue weighted by Gasteiger charge is -2.33. The largest absolute Gasteiger partial charge is 0.506 e. The summed E-state index contributed by atoms with van der Waals surface area (Å²) in [5.41, 5.74) is 1.28. The van der Waals surface area contributed by atoms with Gasteiger partial charge in [-0.05, 0) is 48.5 Å². The molecule has 1 saturated heterocycles. The SMILES string of the molecule is O=C(CN1CCN(CC(=O)NCc2ncccc2O)CCN(CC(=O)NCc2ncccc2O)CCN(CC(=O)NCc2ncccc2O)CC1)NCc1ncccc1O. The maximum atomic E-state index is 13.3. The minimum atomic E-state index is -0.317. The van der Waals surface area contributed by atoms with Crippen LogP contribution >= 0.6 is 0 Å². The summed E-state index contributed by atoms with van der Waals surface area (Å²) < 4.78 is 0. The number of rotatable bonds is 16. The Morgan fingerprint density at radius 1 is 0.400 bits per heavy atom. The Morgan fingerprint density at radius 2 is 0.600 bits per heavy atom. The standard InChI is InChI=1S/C40H52N12O8/c53-33-5-1-9-41-29(33)21-45-37(57)25-49-13-15-50(26-38(58)46-22-30-34(54)6-2-10-42-30)17-19-52(28-40(60)48-24-32-36(56)8-4-12-44-32)20-18-51(16-14-49)27-39(59)47-23-31-35(55)7-3-11-43-31/h1-12,53-56H,13-28H2,(H,45,57)(H,46,58)(H,47,59)(H,48,60). The molecule has 5 heterocycles. The second kappa shape index (κ2) is 23.2. The third kappa shape index (κ3) is 15.0. The highest BCUT2D eigenvalue weighted by Gasteiger charge is 2.22. The summed E-state index contributed by atoms with van der Waals surface area (Å²) in [7, 11) is 0. The molecule has 0 radical (unpaired) electrons. The van der Waals surface area contributed by atoms with E-state index in [1.807, 2.05) is 19.6 Å². The molecule has 0 atom stereocenters. The molecule has 0 unspecified atom stereocenters. The van der Waals surface area contributed by atoms with Crippen molar-refractivity contribution in [1.82, 2.24) is 60.8 Å². The molecular formula is C40H52N12O8. The van der Waals surface area contributed by atoms with Gasteiger partial charge in [-0.1, -0.05) is 0 Å². The maximum Gasteiger partial charge on any atom is 0.234 e. The van der Waals surface area contributed by atoms with Gasteiger partial charge < -0.3 is 41.7 Å². The van der Waals surface area contributed by atoms with E-state index in [2.05, 4.69) is 41.2 Å². The van der Waals surface area contributed by atoms with Crippen molar-refractivity contribution in [3.63, 3.8) is 0 Å². The summed E-state index contributed by atoms with van der Waals surface area (Å²) in [6.07, 6.45) is 6.08. The van der Waals surface area contributed by atoms with Gasteiger partial charge in [0, 0.05) is 77.1 Å². The molecule has 5 rings (SSSR count). The minimum Gasteiger partial charge on any atom is -0.506 e. The predicted molar refractivity (Wildman–Crippen MR) is 217 cm³/mol. The fraction of sp³-hybridized carbons (Fsp3) is 0.400. The van der Waals surface area contributed by atoms with E-state index in [4.69, 9.17) is 0 Å². The Morgan fingerprint density at radius 3 is 0.783 bits per heavy atom. The van der Waals surface area contributed by atoms with Crippen LogP contribution in [-0.4, -0.2) is 162 Å². The molecule has 1 aliphatic heterocycles. The molecule has 4 amide bonds. The van der Waals surface area contributed by atoms with Crippen LogP contribution in [0.5, 0.6) is 23.0 Å². The minimum absolute atomic E-state index is 0.0159. The zero-order chi connectivity index (χ0) is 42.7. The van der Waals surface area contributed by atoms with E-state index in [1.54, 1.807) is 24.3 Å². The quantitative estimate of drug-likeness (QED) is 0.0665. The average molecular weight is 829 g/mol.